The number of likely N-dealkylation sites (tertiary alicyclic amines) is 1. The molecule has 2 aromatic heterocycles. The number of hydrogen-bond donors (Lipinski definition) is 0. The van der Waals surface area contributed by atoms with Gasteiger partial charge in [-0.15, -0.1) is 0 Å². The van der Waals surface area contributed by atoms with Crippen LogP contribution in [0.15, 0.2) is 24.4 Å². The molecule has 0 aliphatic carbocycles. The summed E-state index contributed by atoms with van der Waals surface area (Å²) in [4.78, 5) is 22.0. The van der Waals surface area contributed by atoms with Crippen molar-refractivity contribution >= 4 is 11.4 Å². The monoisotopic (exact) mass is 328 g/mol. The van der Waals surface area contributed by atoms with Crippen molar-refractivity contribution in [3.63, 3.8) is 0 Å². The lowest BCUT2D eigenvalue weighted by atomic mass is 10.0. The van der Waals surface area contributed by atoms with E-state index in [9.17, 15) is 4.79 Å². The molecule has 0 spiro atoms. The Kier molecular flexibility index (Phi) is 4.02. The van der Waals surface area contributed by atoms with E-state index >= 15 is 0 Å². The van der Waals surface area contributed by atoms with E-state index in [2.05, 4.69) is 16.8 Å². The predicted molar refractivity (Wildman–Crippen MR) is 91.2 cm³/mol. The van der Waals surface area contributed by atoms with Crippen LogP contribution >= 0.6 is 0 Å². The van der Waals surface area contributed by atoms with E-state index in [4.69, 9.17) is 4.74 Å². The maximum Gasteiger partial charge on any atom is 0.274 e. The normalized spacial score (nSPS) is 25.5. The van der Waals surface area contributed by atoms with Crippen molar-refractivity contribution in [2.24, 2.45) is 5.92 Å². The molecule has 2 aliphatic heterocycles. The number of ether oxygens (including phenoxy) is 1. The summed E-state index contributed by atoms with van der Waals surface area (Å²) in [6, 6.07) is 6.30. The van der Waals surface area contributed by atoms with E-state index < -0.39 is 0 Å². The smallest absolute Gasteiger partial charge is 0.274 e. The molecule has 0 unspecified atom stereocenters. The Morgan fingerprint density at radius 3 is 2.83 bits per heavy atom. The number of pyridine rings is 1. The SMILES string of the molecule is Cc1nc(C(=O)N2C[C@@H](C)[C@@H](N3CCOCC3)C2)c2ccccn12. The van der Waals surface area contributed by atoms with Crippen molar-refractivity contribution in [3.8, 4) is 0 Å². The number of fused-ring (bicyclic) bond motifs is 1. The van der Waals surface area contributed by atoms with Crippen LogP contribution in [0, 0.1) is 12.8 Å². The van der Waals surface area contributed by atoms with Crippen LogP contribution in [0.5, 0.6) is 0 Å². The molecule has 4 rings (SSSR count). The first kappa shape index (κ1) is 15.6. The Labute approximate surface area is 142 Å². The average molecular weight is 328 g/mol. The summed E-state index contributed by atoms with van der Waals surface area (Å²) in [6.45, 7) is 9.27. The van der Waals surface area contributed by atoms with E-state index in [0.717, 1.165) is 50.7 Å². The molecular formula is C18H24N4O2. The number of rotatable bonds is 2. The van der Waals surface area contributed by atoms with Crippen LogP contribution in [0.25, 0.3) is 5.52 Å². The van der Waals surface area contributed by atoms with Crippen molar-refractivity contribution in [2.75, 3.05) is 39.4 Å². The van der Waals surface area contributed by atoms with E-state index in [-0.39, 0.29) is 5.91 Å². The van der Waals surface area contributed by atoms with Crippen LogP contribution in [0.2, 0.25) is 0 Å². The van der Waals surface area contributed by atoms with Gasteiger partial charge in [0, 0.05) is 38.4 Å². The Hall–Kier alpha value is -1.92. The number of carbonyl (C=O) groups excluding carboxylic acids is 1. The van der Waals surface area contributed by atoms with Crippen LogP contribution in [0.1, 0.15) is 23.2 Å². The molecule has 2 fully saturated rings. The summed E-state index contributed by atoms with van der Waals surface area (Å²) in [6.07, 6.45) is 1.96. The molecule has 0 radical (unpaired) electrons. The molecular weight excluding hydrogens is 304 g/mol. The third-order valence-corrected chi connectivity index (χ3v) is 5.30. The second kappa shape index (κ2) is 6.18. The minimum absolute atomic E-state index is 0.0504. The van der Waals surface area contributed by atoms with Crippen LogP contribution in [0.4, 0.5) is 0 Å². The fourth-order valence-corrected chi connectivity index (χ4v) is 4.00. The number of amides is 1. The Balaban J connectivity index is 1.56. The van der Waals surface area contributed by atoms with Crippen molar-refractivity contribution in [3.05, 3.63) is 35.9 Å². The molecule has 0 bridgehead atoms. The third kappa shape index (κ3) is 2.59. The van der Waals surface area contributed by atoms with Gasteiger partial charge >= 0.3 is 0 Å². The van der Waals surface area contributed by atoms with Crippen molar-refractivity contribution in [1.29, 1.82) is 0 Å². The van der Waals surface area contributed by atoms with Gasteiger partial charge in [-0.1, -0.05) is 13.0 Å². The van der Waals surface area contributed by atoms with Gasteiger partial charge in [-0.3, -0.25) is 9.69 Å². The predicted octanol–water partition coefficient (Wildman–Crippen LogP) is 1.44. The van der Waals surface area contributed by atoms with Crippen molar-refractivity contribution < 1.29 is 9.53 Å². The molecule has 4 heterocycles. The van der Waals surface area contributed by atoms with Gasteiger partial charge in [0.15, 0.2) is 5.69 Å². The van der Waals surface area contributed by atoms with Crippen LogP contribution in [-0.2, 0) is 4.74 Å². The Morgan fingerprint density at radius 2 is 2.04 bits per heavy atom. The summed E-state index contributed by atoms with van der Waals surface area (Å²) in [5.74, 6) is 1.38. The maximum absolute atomic E-state index is 13.1. The number of hydrogen-bond acceptors (Lipinski definition) is 4. The molecule has 128 valence electrons. The van der Waals surface area contributed by atoms with Gasteiger partial charge in [0.2, 0.25) is 0 Å². The van der Waals surface area contributed by atoms with Gasteiger partial charge in [-0.2, -0.15) is 0 Å². The van der Waals surface area contributed by atoms with Gasteiger partial charge in [0.05, 0.1) is 18.7 Å². The fourth-order valence-electron chi connectivity index (χ4n) is 4.00. The average Bonchev–Trinajstić information content (AvgIpc) is 3.16. The lowest BCUT2D eigenvalue weighted by Crippen LogP contribution is -2.47. The summed E-state index contributed by atoms with van der Waals surface area (Å²) >= 11 is 0. The topological polar surface area (TPSA) is 50.1 Å². The molecule has 0 saturated carbocycles. The van der Waals surface area contributed by atoms with E-state index in [1.165, 1.54) is 0 Å². The van der Waals surface area contributed by atoms with Crippen LogP contribution in [-0.4, -0.2) is 70.5 Å². The molecule has 2 atom stereocenters. The van der Waals surface area contributed by atoms with Gasteiger partial charge < -0.3 is 14.0 Å². The van der Waals surface area contributed by atoms with Crippen molar-refractivity contribution in [2.45, 2.75) is 19.9 Å². The highest BCUT2D eigenvalue weighted by Crippen LogP contribution is 2.25. The van der Waals surface area contributed by atoms with Crippen LogP contribution < -0.4 is 0 Å². The standard InChI is InChI=1S/C18H24N4O2/c1-13-11-21(12-16(13)20-7-9-24-10-8-20)18(23)17-15-5-3-4-6-22(15)14(2)19-17/h3-6,13,16H,7-12H2,1-2H3/t13-,16+/m1/s1. The van der Waals surface area contributed by atoms with E-state index in [1.807, 2.05) is 40.6 Å². The summed E-state index contributed by atoms with van der Waals surface area (Å²) in [5.41, 5.74) is 1.46. The number of aromatic nitrogens is 2. The molecule has 2 aliphatic rings. The number of aryl methyl sites for hydroxylation is 1. The first-order chi connectivity index (χ1) is 11.6. The zero-order valence-electron chi connectivity index (χ0n) is 14.3. The molecule has 0 N–H and O–H groups in total. The van der Waals surface area contributed by atoms with Gasteiger partial charge in [0.1, 0.15) is 5.82 Å². The summed E-state index contributed by atoms with van der Waals surface area (Å²) in [5, 5.41) is 0. The highest BCUT2D eigenvalue weighted by atomic mass is 16.5. The molecule has 24 heavy (non-hydrogen) atoms. The molecule has 6 nitrogen and oxygen atoms in total. The van der Waals surface area contributed by atoms with E-state index in [1.54, 1.807) is 0 Å². The van der Waals surface area contributed by atoms with Gasteiger partial charge in [-0.05, 0) is 25.0 Å². The van der Waals surface area contributed by atoms with Gasteiger partial charge in [0.25, 0.3) is 5.91 Å². The van der Waals surface area contributed by atoms with Gasteiger partial charge in [-0.25, -0.2) is 4.98 Å². The van der Waals surface area contributed by atoms with Crippen LogP contribution in [0.3, 0.4) is 0 Å². The Morgan fingerprint density at radius 1 is 1.25 bits per heavy atom. The molecule has 1 amide bonds. The number of carbonyl (C=O) groups is 1. The molecule has 0 aromatic carbocycles. The lowest BCUT2D eigenvalue weighted by Gasteiger charge is -2.33. The maximum atomic E-state index is 13.1. The second-order valence-electron chi connectivity index (χ2n) is 6.87. The lowest BCUT2D eigenvalue weighted by molar-refractivity contribution is 0.0119. The minimum atomic E-state index is 0.0504. The number of morpholine rings is 1. The number of imidazole rings is 1. The highest BCUT2D eigenvalue weighted by molar-refractivity contribution is 5.99. The third-order valence-electron chi connectivity index (χ3n) is 5.30. The molecule has 2 aromatic rings. The highest BCUT2D eigenvalue weighted by Gasteiger charge is 2.37. The zero-order chi connectivity index (χ0) is 16.7. The molecule has 6 heteroatoms. The Bertz CT molecular complexity index is 751. The first-order valence-corrected chi connectivity index (χ1v) is 8.70. The number of nitrogens with zero attached hydrogens (tertiary/aromatic N) is 4. The first-order valence-electron chi connectivity index (χ1n) is 8.70. The van der Waals surface area contributed by atoms with E-state index in [0.29, 0.717) is 17.7 Å². The molecule has 2 saturated heterocycles. The second-order valence-corrected chi connectivity index (χ2v) is 6.87. The fraction of sp³-hybridized carbons (Fsp3) is 0.556. The minimum Gasteiger partial charge on any atom is -0.379 e. The zero-order valence-corrected chi connectivity index (χ0v) is 14.3. The largest absolute Gasteiger partial charge is 0.379 e. The van der Waals surface area contributed by atoms with Crippen molar-refractivity contribution in [1.82, 2.24) is 19.2 Å². The summed E-state index contributed by atoms with van der Waals surface area (Å²) in [7, 11) is 0. The summed E-state index contributed by atoms with van der Waals surface area (Å²) < 4.78 is 7.43. The quantitative estimate of drug-likeness (QED) is 0.837.